The molecular weight excluding hydrogens is 284 g/mol. The lowest BCUT2D eigenvalue weighted by molar-refractivity contribution is -0.127. The summed E-state index contributed by atoms with van der Waals surface area (Å²) in [4.78, 5) is 56.6. The number of Topliss-reactive ketones (excluding diaryl/α,β-unsaturated/α-hetero) is 4. The molecule has 0 saturated carbocycles. The summed E-state index contributed by atoms with van der Waals surface area (Å²) in [5.41, 5.74) is 0. The van der Waals surface area contributed by atoms with Gasteiger partial charge in [0.15, 0.2) is 5.78 Å². The summed E-state index contributed by atoms with van der Waals surface area (Å²) in [6, 6.07) is 0. The Morgan fingerprint density at radius 2 is 0.955 bits per heavy atom. The second kappa shape index (κ2) is 11.7. The molecule has 0 spiro atoms. The number of carbonyl (C=O) groups is 5. The molecule has 0 heterocycles. The van der Waals surface area contributed by atoms with Gasteiger partial charge in [-0.2, -0.15) is 0 Å². The Labute approximate surface area is 131 Å². The van der Waals surface area contributed by atoms with Crippen LogP contribution in [0, 0.1) is 0 Å². The highest BCUT2D eigenvalue weighted by atomic mass is 16.1. The Hall–Kier alpha value is -1.91. The van der Waals surface area contributed by atoms with Crippen molar-refractivity contribution >= 4 is 28.9 Å². The summed E-state index contributed by atoms with van der Waals surface area (Å²) >= 11 is 0. The van der Waals surface area contributed by atoms with E-state index in [0.717, 1.165) is 0 Å². The van der Waals surface area contributed by atoms with Crippen molar-refractivity contribution in [2.24, 2.45) is 0 Å². The average molecular weight is 308 g/mol. The molecule has 0 saturated heterocycles. The molecule has 0 aliphatic rings. The van der Waals surface area contributed by atoms with E-state index in [1.54, 1.807) is 6.92 Å². The standard InChI is InChI=1S/C17H24O5/c1-3-13(18)5-7-15(20)9-11-17(22)12-10-16(21)8-6-14(19)4-2/h3H,1,4-12H2,2H3. The zero-order valence-electron chi connectivity index (χ0n) is 13.2. The first-order chi connectivity index (χ1) is 10.4. The number of ketones is 5. The third-order valence-electron chi connectivity index (χ3n) is 3.32. The largest absolute Gasteiger partial charge is 0.300 e. The second-order valence-electron chi connectivity index (χ2n) is 5.18. The Morgan fingerprint density at radius 3 is 1.27 bits per heavy atom. The fraction of sp³-hybridized carbons (Fsp3) is 0.588. The van der Waals surface area contributed by atoms with Gasteiger partial charge in [0, 0.05) is 57.8 Å². The first-order valence-electron chi connectivity index (χ1n) is 7.61. The van der Waals surface area contributed by atoms with Crippen LogP contribution < -0.4 is 0 Å². The van der Waals surface area contributed by atoms with Crippen LogP contribution in [0.4, 0.5) is 0 Å². The summed E-state index contributed by atoms with van der Waals surface area (Å²) in [5.74, 6) is -0.522. The third-order valence-corrected chi connectivity index (χ3v) is 3.32. The van der Waals surface area contributed by atoms with Crippen LogP contribution in [0.1, 0.15) is 64.7 Å². The summed E-state index contributed by atoms with van der Waals surface area (Å²) in [6.45, 7) is 5.06. The van der Waals surface area contributed by atoms with Gasteiger partial charge in [0.1, 0.15) is 23.1 Å². The number of allylic oxidation sites excluding steroid dienone is 1. The van der Waals surface area contributed by atoms with E-state index < -0.39 is 0 Å². The van der Waals surface area contributed by atoms with E-state index in [-0.39, 0.29) is 80.3 Å². The van der Waals surface area contributed by atoms with Crippen molar-refractivity contribution in [2.75, 3.05) is 0 Å². The minimum Gasteiger partial charge on any atom is -0.300 e. The van der Waals surface area contributed by atoms with E-state index >= 15 is 0 Å². The van der Waals surface area contributed by atoms with E-state index in [9.17, 15) is 24.0 Å². The molecule has 0 unspecified atom stereocenters. The van der Waals surface area contributed by atoms with Crippen molar-refractivity contribution in [1.29, 1.82) is 0 Å². The van der Waals surface area contributed by atoms with Crippen LogP contribution >= 0.6 is 0 Å². The number of hydrogen-bond donors (Lipinski definition) is 0. The molecule has 0 aromatic heterocycles. The molecule has 0 rings (SSSR count). The van der Waals surface area contributed by atoms with E-state index in [4.69, 9.17) is 0 Å². The molecule has 5 nitrogen and oxygen atoms in total. The zero-order chi connectivity index (χ0) is 17.0. The Kier molecular flexibility index (Phi) is 10.7. The molecule has 0 aliphatic carbocycles. The Morgan fingerprint density at radius 1 is 0.636 bits per heavy atom. The molecule has 122 valence electrons. The molecule has 0 aliphatic heterocycles. The van der Waals surface area contributed by atoms with Gasteiger partial charge in [-0.05, 0) is 6.08 Å². The fourth-order valence-electron chi connectivity index (χ4n) is 1.75. The van der Waals surface area contributed by atoms with Gasteiger partial charge in [-0.25, -0.2) is 0 Å². The van der Waals surface area contributed by atoms with Gasteiger partial charge < -0.3 is 0 Å². The van der Waals surface area contributed by atoms with Crippen molar-refractivity contribution < 1.29 is 24.0 Å². The Balaban J connectivity index is 3.79. The topological polar surface area (TPSA) is 85.3 Å². The lowest BCUT2D eigenvalue weighted by Gasteiger charge is -2.01. The predicted octanol–water partition coefficient (Wildman–Crippen LogP) is 2.55. The second-order valence-corrected chi connectivity index (χ2v) is 5.18. The minimum atomic E-state index is -0.188. The Bertz CT molecular complexity index is 448. The first kappa shape index (κ1) is 20.1. The van der Waals surface area contributed by atoms with Gasteiger partial charge in [0.05, 0.1) is 0 Å². The summed E-state index contributed by atoms with van der Waals surface area (Å²) in [6.07, 6.45) is 2.69. The number of carbonyl (C=O) groups excluding carboxylic acids is 5. The molecule has 0 N–H and O–H groups in total. The summed E-state index contributed by atoms with van der Waals surface area (Å²) < 4.78 is 0. The molecule has 0 aromatic rings. The zero-order valence-corrected chi connectivity index (χ0v) is 13.2. The van der Waals surface area contributed by atoms with Crippen LogP contribution in [0.2, 0.25) is 0 Å². The minimum absolute atomic E-state index is 0.0411. The summed E-state index contributed by atoms with van der Waals surface area (Å²) in [7, 11) is 0. The van der Waals surface area contributed by atoms with E-state index in [2.05, 4.69) is 6.58 Å². The molecule has 0 aromatic carbocycles. The van der Waals surface area contributed by atoms with Crippen LogP contribution in [-0.2, 0) is 24.0 Å². The molecule has 0 radical (unpaired) electrons. The van der Waals surface area contributed by atoms with Gasteiger partial charge >= 0.3 is 0 Å². The molecule has 5 heteroatoms. The van der Waals surface area contributed by atoms with Gasteiger partial charge in [0.25, 0.3) is 0 Å². The van der Waals surface area contributed by atoms with Gasteiger partial charge in [-0.15, -0.1) is 0 Å². The van der Waals surface area contributed by atoms with Crippen molar-refractivity contribution in [3.8, 4) is 0 Å². The molecule has 0 atom stereocenters. The maximum absolute atomic E-state index is 11.6. The lowest BCUT2D eigenvalue weighted by Crippen LogP contribution is -2.09. The number of hydrogen-bond acceptors (Lipinski definition) is 5. The van der Waals surface area contributed by atoms with Crippen LogP contribution in [0.3, 0.4) is 0 Å². The molecule has 0 amide bonds. The average Bonchev–Trinajstić information content (AvgIpc) is 2.53. The van der Waals surface area contributed by atoms with Crippen LogP contribution in [0.25, 0.3) is 0 Å². The maximum atomic E-state index is 11.6. The lowest BCUT2D eigenvalue weighted by atomic mass is 10.0. The van der Waals surface area contributed by atoms with E-state index in [1.807, 2.05) is 0 Å². The highest BCUT2D eigenvalue weighted by Gasteiger charge is 2.11. The fourth-order valence-corrected chi connectivity index (χ4v) is 1.75. The van der Waals surface area contributed by atoms with Crippen LogP contribution in [0.5, 0.6) is 0 Å². The van der Waals surface area contributed by atoms with E-state index in [1.165, 1.54) is 6.08 Å². The highest BCUT2D eigenvalue weighted by molar-refractivity contribution is 5.94. The van der Waals surface area contributed by atoms with Crippen LogP contribution in [0.15, 0.2) is 12.7 Å². The first-order valence-corrected chi connectivity index (χ1v) is 7.61. The maximum Gasteiger partial charge on any atom is 0.155 e. The third kappa shape index (κ3) is 10.8. The molecule has 0 fully saturated rings. The quantitative estimate of drug-likeness (QED) is 0.460. The van der Waals surface area contributed by atoms with Crippen molar-refractivity contribution in [3.63, 3.8) is 0 Å². The summed E-state index contributed by atoms with van der Waals surface area (Å²) in [5, 5.41) is 0. The van der Waals surface area contributed by atoms with Crippen molar-refractivity contribution in [2.45, 2.75) is 64.7 Å². The molecular formula is C17H24O5. The monoisotopic (exact) mass is 308 g/mol. The molecule has 0 bridgehead atoms. The van der Waals surface area contributed by atoms with Crippen molar-refractivity contribution in [3.05, 3.63) is 12.7 Å². The van der Waals surface area contributed by atoms with Crippen LogP contribution in [-0.4, -0.2) is 28.9 Å². The van der Waals surface area contributed by atoms with Gasteiger partial charge in [-0.1, -0.05) is 13.5 Å². The van der Waals surface area contributed by atoms with Gasteiger partial charge in [-0.3, -0.25) is 24.0 Å². The number of rotatable bonds is 14. The predicted molar refractivity (Wildman–Crippen MR) is 82.5 cm³/mol. The smallest absolute Gasteiger partial charge is 0.155 e. The molecule has 22 heavy (non-hydrogen) atoms. The SMILES string of the molecule is C=CC(=O)CCC(=O)CCC(=O)CCC(=O)CCC(=O)CC. The normalized spacial score (nSPS) is 10.0. The van der Waals surface area contributed by atoms with Crippen molar-refractivity contribution in [1.82, 2.24) is 0 Å². The van der Waals surface area contributed by atoms with Gasteiger partial charge in [0.2, 0.25) is 0 Å². The van der Waals surface area contributed by atoms with E-state index in [0.29, 0.717) is 6.42 Å². The highest BCUT2D eigenvalue weighted by Crippen LogP contribution is 2.06.